The Bertz CT molecular complexity index is 1120. The van der Waals surface area contributed by atoms with E-state index in [1.54, 1.807) is 17.5 Å². The van der Waals surface area contributed by atoms with E-state index >= 15 is 0 Å². The first-order chi connectivity index (χ1) is 15.7. The number of urea groups is 1. The van der Waals surface area contributed by atoms with E-state index in [0.29, 0.717) is 16.1 Å². The second-order valence-corrected chi connectivity index (χ2v) is 7.67. The first kappa shape index (κ1) is 23.8. The van der Waals surface area contributed by atoms with Crippen LogP contribution in [0.2, 0.25) is 0 Å². The minimum atomic E-state index is -4.51. The summed E-state index contributed by atoms with van der Waals surface area (Å²) in [6.07, 6.45) is -4.51. The van der Waals surface area contributed by atoms with Gasteiger partial charge in [0.05, 0.1) is 10.4 Å². The standard InChI is InChI=1S/C22H19F3N4O3S/c23-22(24,25)15-3-1-4-17(13-15)29-21(32)28-16-8-6-14(7-9-16)19(30)26-10-11-27-20(31)18-5-2-12-33-18/h1-9,12-13H,10-11H2,(H,26,30)(H,27,31)(H2,28,29,32). The Morgan fingerprint density at radius 2 is 1.45 bits per heavy atom. The van der Waals surface area contributed by atoms with E-state index in [1.807, 2.05) is 0 Å². The number of nitrogens with one attached hydrogen (secondary N) is 4. The Labute approximate surface area is 191 Å². The highest BCUT2D eigenvalue weighted by Gasteiger charge is 2.30. The summed E-state index contributed by atoms with van der Waals surface area (Å²) < 4.78 is 38.3. The van der Waals surface area contributed by atoms with Crippen molar-refractivity contribution in [3.8, 4) is 0 Å². The molecule has 0 saturated heterocycles. The first-order valence-corrected chi connectivity index (χ1v) is 10.6. The molecule has 33 heavy (non-hydrogen) atoms. The van der Waals surface area contributed by atoms with Crippen molar-refractivity contribution in [3.63, 3.8) is 0 Å². The summed E-state index contributed by atoms with van der Waals surface area (Å²) in [7, 11) is 0. The van der Waals surface area contributed by atoms with E-state index in [1.165, 1.54) is 47.7 Å². The second-order valence-electron chi connectivity index (χ2n) is 6.72. The zero-order chi connectivity index (χ0) is 23.8. The van der Waals surface area contributed by atoms with Crippen LogP contribution >= 0.6 is 11.3 Å². The number of carbonyl (C=O) groups excluding carboxylic acids is 3. The van der Waals surface area contributed by atoms with Crippen LogP contribution in [0.4, 0.5) is 29.3 Å². The van der Waals surface area contributed by atoms with Gasteiger partial charge in [0.1, 0.15) is 0 Å². The van der Waals surface area contributed by atoms with E-state index in [-0.39, 0.29) is 30.6 Å². The molecule has 1 aromatic heterocycles. The number of alkyl halides is 3. The number of amides is 4. The van der Waals surface area contributed by atoms with Gasteiger partial charge in [0.15, 0.2) is 0 Å². The van der Waals surface area contributed by atoms with Gasteiger partial charge in [0.2, 0.25) is 0 Å². The van der Waals surface area contributed by atoms with Crippen LogP contribution in [0.25, 0.3) is 0 Å². The monoisotopic (exact) mass is 476 g/mol. The highest BCUT2D eigenvalue weighted by atomic mass is 32.1. The molecule has 11 heteroatoms. The molecule has 0 aliphatic heterocycles. The number of benzene rings is 2. The van der Waals surface area contributed by atoms with Gasteiger partial charge in [-0.3, -0.25) is 9.59 Å². The van der Waals surface area contributed by atoms with Crippen molar-refractivity contribution in [3.05, 3.63) is 82.0 Å². The maximum Gasteiger partial charge on any atom is 0.416 e. The topological polar surface area (TPSA) is 99.3 Å². The number of hydrogen-bond acceptors (Lipinski definition) is 4. The normalized spacial score (nSPS) is 10.9. The quantitative estimate of drug-likeness (QED) is 0.376. The van der Waals surface area contributed by atoms with E-state index in [4.69, 9.17) is 0 Å². The largest absolute Gasteiger partial charge is 0.416 e. The van der Waals surface area contributed by atoms with Crippen molar-refractivity contribution < 1.29 is 27.6 Å². The Hall–Kier alpha value is -3.86. The molecule has 3 rings (SSSR count). The van der Waals surface area contributed by atoms with Crippen LogP contribution in [0.3, 0.4) is 0 Å². The fourth-order valence-electron chi connectivity index (χ4n) is 2.72. The van der Waals surface area contributed by atoms with Crippen LogP contribution in [0, 0.1) is 0 Å². The predicted molar refractivity (Wildman–Crippen MR) is 120 cm³/mol. The fourth-order valence-corrected chi connectivity index (χ4v) is 3.36. The summed E-state index contributed by atoms with van der Waals surface area (Å²) in [5.74, 6) is -0.571. The molecule has 0 unspecified atom stereocenters. The molecule has 172 valence electrons. The lowest BCUT2D eigenvalue weighted by Crippen LogP contribution is -2.34. The number of anilines is 2. The maximum absolute atomic E-state index is 12.8. The van der Waals surface area contributed by atoms with E-state index in [2.05, 4.69) is 21.3 Å². The van der Waals surface area contributed by atoms with Crippen molar-refractivity contribution in [1.82, 2.24) is 10.6 Å². The Kier molecular flexibility index (Phi) is 7.67. The third-order valence-electron chi connectivity index (χ3n) is 4.29. The second kappa shape index (κ2) is 10.6. The third kappa shape index (κ3) is 7.07. The number of halogens is 3. The lowest BCUT2D eigenvalue weighted by Gasteiger charge is -2.11. The molecule has 0 bridgehead atoms. The lowest BCUT2D eigenvalue weighted by molar-refractivity contribution is -0.137. The molecule has 0 atom stereocenters. The van der Waals surface area contributed by atoms with Gasteiger partial charge in [-0.1, -0.05) is 12.1 Å². The summed E-state index contributed by atoms with van der Waals surface area (Å²) in [4.78, 5) is 36.7. The van der Waals surface area contributed by atoms with E-state index in [9.17, 15) is 27.6 Å². The van der Waals surface area contributed by atoms with Gasteiger partial charge in [-0.25, -0.2) is 4.79 Å². The fraction of sp³-hybridized carbons (Fsp3) is 0.136. The van der Waals surface area contributed by atoms with Crippen LogP contribution in [-0.2, 0) is 6.18 Å². The molecular weight excluding hydrogens is 457 g/mol. The van der Waals surface area contributed by atoms with Crippen molar-refractivity contribution >= 4 is 40.6 Å². The van der Waals surface area contributed by atoms with Crippen molar-refractivity contribution in [2.45, 2.75) is 6.18 Å². The molecule has 2 aromatic carbocycles. The van der Waals surface area contributed by atoms with Crippen LogP contribution in [0.5, 0.6) is 0 Å². The smallest absolute Gasteiger partial charge is 0.350 e. The third-order valence-corrected chi connectivity index (χ3v) is 5.16. The minimum Gasteiger partial charge on any atom is -0.350 e. The van der Waals surface area contributed by atoms with Crippen LogP contribution in [-0.4, -0.2) is 30.9 Å². The predicted octanol–water partition coefficient (Wildman–Crippen LogP) is 4.57. The molecule has 0 saturated carbocycles. The number of hydrogen-bond donors (Lipinski definition) is 4. The summed E-state index contributed by atoms with van der Waals surface area (Å²) in [5, 5.41) is 12.0. The molecule has 3 aromatic rings. The molecule has 0 aliphatic rings. The first-order valence-electron chi connectivity index (χ1n) is 9.67. The molecule has 0 fully saturated rings. The van der Waals surface area contributed by atoms with E-state index in [0.717, 1.165) is 12.1 Å². The van der Waals surface area contributed by atoms with Gasteiger partial charge in [-0.15, -0.1) is 11.3 Å². The summed E-state index contributed by atoms with van der Waals surface area (Å²) in [5.41, 5.74) is -0.200. The van der Waals surface area contributed by atoms with E-state index < -0.39 is 17.8 Å². The molecule has 0 aliphatic carbocycles. The number of thiophene rings is 1. The van der Waals surface area contributed by atoms with Gasteiger partial charge in [-0.05, 0) is 53.9 Å². The molecule has 7 nitrogen and oxygen atoms in total. The zero-order valence-corrected chi connectivity index (χ0v) is 17.8. The van der Waals surface area contributed by atoms with Crippen molar-refractivity contribution in [1.29, 1.82) is 0 Å². The highest BCUT2D eigenvalue weighted by molar-refractivity contribution is 7.12. The molecule has 4 amide bonds. The number of rotatable bonds is 7. The van der Waals surface area contributed by atoms with Crippen molar-refractivity contribution in [2.24, 2.45) is 0 Å². The highest BCUT2D eigenvalue weighted by Crippen LogP contribution is 2.30. The van der Waals surface area contributed by atoms with Gasteiger partial charge >= 0.3 is 12.2 Å². The Morgan fingerprint density at radius 1 is 0.788 bits per heavy atom. The van der Waals surface area contributed by atoms with Gasteiger partial charge in [0.25, 0.3) is 11.8 Å². The maximum atomic E-state index is 12.8. The molecule has 4 N–H and O–H groups in total. The summed E-state index contributed by atoms with van der Waals surface area (Å²) in [6, 6.07) is 13.0. The van der Waals surface area contributed by atoms with Crippen LogP contribution in [0.15, 0.2) is 66.0 Å². The zero-order valence-electron chi connectivity index (χ0n) is 17.0. The lowest BCUT2D eigenvalue weighted by atomic mass is 10.2. The average molecular weight is 476 g/mol. The Balaban J connectivity index is 1.45. The van der Waals surface area contributed by atoms with Gasteiger partial charge in [0, 0.05) is 30.0 Å². The summed E-state index contributed by atoms with van der Waals surface area (Å²) >= 11 is 1.32. The van der Waals surface area contributed by atoms with Gasteiger partial charge < -0.3 is 21.3 Å². The molecule has 0 spiro atoms. The molecule has 0 radical (unpaired) electrons. The Morgan fingerprint density at radius 3 is 2.09 bits per heavy atom. The van der Waals surface area contributed by atoms with Gasteiger partial charge in [-0.2, -0.15) is 13.2 Å². The minimum absolute atomic E-state index is 0.00973. The van der Waals surface area contributed by atoms with Crippen LogP contribution in [0.1, 0.15) is 25.6 Å². The molecule has 1 heterocycles. The molecular formula is C22H19F3N4O3S. The van der Waals surface area contributed by atoms with Crippen LogP contribution < -0.4 is 21.3 Å². The van der Waals surface area contributed by atoms with Crippen molar-refractivity contribution in [2.75, 3.05) is 23.7 Å². The summed E-state index contributed by atoms with van der Waals surface area (Å²) in [6.45, 7) is 0.493. The SMILES string of the molecule is O=C(Nc1ccc(C(=O)NCCNC(=O)c2cccs2)cc1)Nc1cccc(C(F)(F)F)c1. The average Bonchev–Trinajstić information content (AvgIpc) is 3.31. The number of carbonyl (C=O) groups is 3.